The van der Waals surface area contributed by atoms with Gasteiger partial charge in [0, 0.05) is 6.42 Å². The van der Waals surface area contributed by atoms with Crippen LogP contribution in [0.5, 0.6) is 0 Å². The predicted octanol–water partition coefficient (Wildman–Crippen LogP) is 5.55. The number of unbranched alkanes of at least 4 members (excludes halogenated alkanes) is 12. The number of hydrogen-bond donors (Lipinski definition) is 1. The lowest BCUT2D eigenvalue weighted by Gasteiger charge is -2.12. The largest absolute Gasteiger partial charge is 0.463 e. The van der Waals surface area contributed by atoms with E-state index in [9.17, 15) is 4.79 Å². The number of carbonyl (C=O) groups excluding carboxylic acids is 1. The highest BCUT2D eigenvalue weighted by atomic mass is 16.6. The van der Waals surface area contributed by atoms with E-state index in [2.05, 4.69) is 6.92 Å². The maximum atomic E-state index is 11.7. The fourth-order valence-corrected chi connectivity index (χ4v) is 3.58. The second-order valence-corrected chi connectivity index (χ2v) is 7.82. The molecule has 26 heavy (non-hydrogen) atoms. The van der Waals surface area contributed by atoms with E-state index in [0.717, 1.165) is 25.7 Å². The lowest BCUT2D eigenvalue weighted by molar-refractivity contribution is -0.148. The SMILES string of the molecule is CCCCCCCCCCCCCCCC(=O)OCC1CCC(CO)O1. The minimum Gasteiger partial charge on any atom is -0.463 e. The van der Waals surface area contributed by atoms with E-state index >= 15 is 0 Å². The van der Waals surface area contributed by atoms with E-state index in [1.165, 1.54) is 70.6 Å². The Morgan fingerprint density at radius 3 is 1.85 bits per heavy atom. The topological polar surface area (TPSA) is 55.8 Å². The first-order chi connectivity index (χ1) is 12.8. The van der Waals surface area contributed by atoms with E-state index in [0.29, 0.717) is 13.0 Å². The van der Waals surface area contributed by atoms with Crippen LogP contribution in [0.25, 0.3) is 0 Å². The average Bonchev–Trinajstić information content (AvgIpc) is 3.12. The summed E-state index contributed by atoms with van der Waals surface area (Å²) in [7, 11) is 0. The lowest BCUT2D eigenvalue weighted by Crippen LogP contribution is -2.20. The molecule has 4 nitrogen and oxygen atoms in total. The second-order valence-electron chi connectivity index (χ2n) is 7.82. The van der Waals surface area contributed by atoms with E-state index in [1.807, 2.05) is 0 Å². The molecule has 0 radical (unpaired) electrons. The Morgan fingerprint density at radius 2 is 1.35 bits per heavy atom. The van der Waals surface area contributed by atoms with Crippen molar-refractivity contribution in [2.24, 2.45) is 0 Å². The highest BCUT2D eigenvalue weighted by Crippen LogP contribution is 2.19. The van der Waals surface area contributed by atoms with Gasteiger partial charge < -0.3 is 14.6 Å². The first-order valence-electron chi connectivity index (χ1n) is 11.2. The summed E-state index contributed by atoms with van der Waals surface area (Å²) in [6.07, 6.45) is 19.2. The molecule has 0 bridgehead atoms. The van der Waals surface area contributed by atoms with Crippen molar-refractivity contribution in [3.63, 3.8) is 0 Å². The van der Waals surface area contributed by atoms with Crippen LogP contribution in [0.15, 0.2) is 0 Å². The van der Waals surface area contributed by atoms with E-state index in [1.54, 1.807) is 0 Å². The van der Waals surface area contributed by atoms with E-state index < -0.39 is 0 Å². The molecule has 1 aliphatic rings. The minimum absolute atomic E-state index is 0.0252. The van der Waals surface area contributed by atoms with Gasteiger partial charge in [0.25, 0.3) is 0 Å². The number of esters is 1. The van der Waals surface area contributed by atoms with Crippen molar-refractivity contribution >= 4 is 5.97 Å². The third kappa shape index (κ3) is 12.7. The van der Waals surface area contributed by atoms with Crippen molar-refractivity contribution in [2.75, 3.05) is 13.2 Å². The van der Waals surface area contributed by atoms with Crippen LogP contribution in [0.3, 0.4) is 0 Å². The van der Waals surface area contributed by atoms with Gasteiger partial charge in [-0.25, -0.2) is 0 Å². The summed E-state index contributed by atoms with van der Waals surface area (Å²) in [4.78, 5) is 11.7. The molecule has 0 saturated carbocycles. The normalized spacial score (nSPS) is 19.8. The maximum absolute atomic E-state index is 11.7. The van der Waals surface area contributed by atoms with Crippen LogP contribution in [0.4, 0.5) is 0 Å². The predicted molar refractivity (Wildman–Crippen MR) is 106 cm³/mol. The van der Waals surface area contributed by atoms with Gasteiger partial charge in [-0.05, 0) is 19.3 Å². The number of aliphatic hydroxyl groups excluding tert-OH is 1. The van der Waals surface area contributed by atoms with Crippen molar-refractivity contribution < 1.29 is 19.4 Å². The molecule has 0 amide bonds. The summed E-state index contributed by atoms with van der Waals surface area (Å²) in [5.74, 6) is -0.107. The molecular weight excluding hydrogens is 328 g/mol. The Kier molecular flexibility index (Phi) is 14.9. The zero-order chi connectivity index (χ0) is 18.9. The van der Waals surface area contributed by atoms with Crippen LogP contribution in [-0.2, 0) is 14.3 Å². The zero-order valence-corrected chi connectivity index (χ0v) is 17.1. The van der Waals surface area contributed by atoms with Crippen LogP contribution in [0.1, 0.15) is 110 Å². The van der Waals surface area contributed by atoms with Gasteiger partial charge >= 0.3 is 5.97 Å². The van der Waals surface area contributed by atoms with Crippen LogP contribution >= 0.6 is 0 Å². The number of ether oxygens (including phenoxy) is 2. The zero-order valence-electron chi connectivity index (χ0n) is 17.1. The average molecular weight is 371 g/mol. The molecule has 2 unspecified atom stereocenters. The van der Waals surface area contributed by atoms with Gasteiger partial charge in [0.1, 0.15) is 6.61 Å². The van der Waals surface area contributed by atoms with Crippen LogP contribution in [0, 0.1) is 0 Å². The molecule has 1 fully saturated rings. The number of hydrogen-bond acceptors (Lipinski definition) is 4. The van der Waals surface area contributed by atoms with Crippen LogP contribution in [-0.4, -0.2) is 36.5 Å². The van der Waals surface area contributed by atoms with Gasteiger partial charge in [-0.15, -0.1) is 0 Å². The fraction of sp³-hybridized carbons (Fsp3) is 0.955. The molecule has 1 aliphatic heterocycles. The monoisotopic (exact) mass is 370 g/mol. The van der Waals surface area contributed by atoms with Crippen LogP contribution in [0.2, 0.25) is 0 Å². The Morgan fingerprint density at radius 1 is 0.846 bits per heavy atom. The highest BCUT2D eigenvalue weighted by Gasteiger charge is 2.25. The van der Waals surface area contributed by atoms with Gasteiger partial charge in [-0.1, -0.05) is 84.0 Å². The minimum atomic E-state index is -0.107. The maximum Gasteiger partial charge on any atom is 0.305 e. The summed E-state index contributed by atoms with van der Waals surface area (Å²) >= 11 is 0. The smallest absolute Gasteiger partial charge is 0.305 e. The van der Waals surface area contributed by atoms with Crippen molar-refractivity contribution in [3.8, 4) is 0 Å². The Balaban J connectivity index is 1.78. The molecule has 1 rings (SSSR count). The molecule has 0 spiro atoms. The quantitative estimate of drug-likeness (QED) is 0.269. The number of aliphatic hydroxyl groups is 1. The van der Waals surface area contributed by atoms with E-state index in [4.69, 9.17) is 14.6 Å². The number of carbonyl (C=O) groups is 1. The molecule has 1 N–H and O–H groups in total. The fourth-order valence-electron chi connectivity index (χ4n) is 3.58. The summed E-state index contributed by atoms with van der Waals surface area (Å²) in [6, 6.07) is 0. The van der Waals surface area contributed by atoms with Gasteiger partial charge in [-0.3, -0.25) is 4.79 Å². The summed E-state index contributed by atoms with van der Waals surface area (Å²) in [5.41, 5.74) is 0. The summed E-state index contributed by atoms with van der Waals surface area (Å²) in [5, 5.41) is 9.02. The molecule has 4 heteroatoms. The van der Waals surface area contributed by atoms with Crippen molar-refractivity contribution in [2.45, 2.75) is 122 Å². The molecule has 2 atom stereocenters. The third-order valence-electron chi connectivity index (χ3n) is 5.31. The Hall–Kier alpha value is -0.610. The summed E-state index contributed by atoms with van der Waals surface area (Å²) in [6.45, 7) is 2.67. The van der Waals surface area contributed by atoms with Gasteiger partial charge in [0.05, 0.1) is 18.8 Å². The van der Waals surface area contributed by atoms with E-state index in [-0.39, 0.29) is 24.8 Å². The third-order valence-corrected chi connectivity index (χ3v) is 5.31. The molecule has 0 aromatic rings. The standard InChI is InChI=1S/C22H42O4/c1-2-3-4-5-6-7-8-9-10-11-12-13-14-15-22(24)25-19-21-17-16-20(18-23)26-21/h20-21,23H,2-19H2,1H3. The molecule has 1 saturated heterocycles. The first kappa shape index (κ1) is 23.4. The molecule has 1 heterocycles. The Bertz CT molecular complexity index is 332. The van der Waals surface area contributed by atoms with Gasteiger partial charge in [-0.2, -0.15) is 0 Å². The Labute approximate surface area is 161 Å². The summed E-state index contributed by atoms with van der Waals surface area (Å²) < 4.78 is 10.8. The molecule has 154 valence electrons. The highest BCUT2D eigenvalue weighted by molar-refractivity contribution is 5.69. The molecular formula is C22H42O4. The second kappa shape index (κ2) is 16.6. The van der Waals surface area contributed by atoms with Crippen LogP contribution < -0.4 is 0 Å². The molecule has 0 aromatic carbocycles. The van der Waals surface area contributed by atoms with Crippen molar-refractivity contribution in [1.29, 1.82) is 0 Å². The molecule has 0 aliphatic carbocycles. The van der Waals surface area contributed by atoms with Crippen molar-refractivity contribution in [3.05, 3.63) is 0 Å². The lowest BCUT2D eigenvalue weighted by atomic mass is 10.0. The van der Waals surface area contributed by atoms with Gasteiger partial charge in [0.15, 0.2) is 0 Å². The first-order valence-corrected chi connectivity index (χ1v) is 11.2. The molecule has 0 aromatic heterocycles. The van der Waals surface area contributed by atoms with Crippen molar-refractivity contribution in [1.82, 2.24) is 0 Å². The number of rotatable bonds is 17. The van der Waals surface area contributed by atoms with Gasteiger partial charge in [0.2, 0.25) is 0 Å².